The summed E-state index contributed by atoms with van der Waals surface area (Å²) >= 11 is 3.30. The summed E-state index contributed by atoms with van der Waals surface area (Å²) in [5, 5.41) is 2.61. The maximum atomic E-state index is 12.3. The highest BCUT2D eigenvalue weighted by atomic mass is 79.9. The van der Waals surface area contributed by atoms with Gasteiger partial charge in [-0.15, -0.1) is 0 Å². The molecule has 6 nitrogen and oxygen atoms in total. The molecule has 0 aliphatic carbocycles. The van der Waals surface area contributed by atoms with E-state index in [1.54, 1.807) is 54.4 Å². The maximum Gasteiger partial charge on any atom is 0.239 e. The third kappa shape index (κ3) is 7.15. The average molecular weight is 453 g/mol. The fourth-order valence-electron chi connectivity index (χ4n) is 2.46. The molecule has 0 spiro atoms. The largest absolute Gasteiger partial charge is 0.342 e. The van der Waals surface area contributed by atoms with E-state index >= 15 is 0 Å². The Hall–Kier alpha value is -2.19. The van der Waals surface area contributed by atoms with Crippen molar-refractivity contribution in [2.24, 2.45) is 0 Å². The minimum atomic E-state index is -3.60. The van der Waals surface area contributed by atoms with Crippen molar-refractivity contribution >= 4 is 43.3 Å². The minimum absolute atomic E-state index is 0.0666. The quantitative estimate of drug-likeness (QED) is 0.699. The molecule has 0 heterocycles. The van der Waals surface area contributed by atoms with Gasteiger partial charge in [-0.05, 0) is 35.4 Å². The Labute approximate surface area is 167 Å². The zero-order valence-corrected chi connectivity index (χ0v) is 17.5. The minimum Gasteiger partial charge on any atom is -0.342 e. The van der Waals surface area contributed by atoms with Crippen molar-refractivity contribution in [3.8, 4) is 0 Å². The summed E-state index contributed by atoms with van der Waals surface area (Å²) in [6.07, 6.45) is 0. The van der Waals surface area contributed by atoms with Gasteiger partial charge in [0.15, 0.2) is 9.84 Å². The number of amides is 2. The SMILES string of the molecule is CC(=O)N(C)Cc1cccc(NC(=O)CS(=O)(=O)Cc2cccc(Br)c2)c1. The van der Waals surface area contributed by atoms with Crippen LogP contribution in [0.5, 0.6) is 0 Å². The van der Waals surface area contributed by atoms with E-state index in [0.717, 1.165) is 10.0 Å². The Balaban J connectivity index is 1.99. The van der Waals surface area contributed by atoms with Crippen molar-refractivity contribution in [1.82, 2.24) is 4.90 Å². The number of anilines is 1. The van der Waals surface area contributed by atoms with Crippen LogP contribution in [0.3, 0.4) is 0 Å². The molecule has 2 rings (SSSR count). The molecule has 8 heteroatoms. The van der Waals surface area contributed by atoms with Gasteiger partial charge < -0.3 is 10.2 Å². The number of nitrogens with one attached hydrogen (secondary N) is 1. The third-order valence-corrected chi connectivity index (χ3v) is 5.76. The van der Waals surface area contributed by atoms with E-state index in [1.165, 1.54) is 6.92 Å². The van der Waals surface area contributed by atoms with Crippen LogP contribution in [0.1, 0.15) is 18.1 Å². The predicted molar refractivity (Wildman–Crippen MR) is 109 cm³/mol. The summed E-state index contributed by atoms with van der Waals surface area (Å²) in [5.41, 5.74) is 1.95. The van der Waals surface area contributed by atoms with E-state index < -0.39 is 21.5 Å². The predicted octanol–water partition coefficient (Wildman–Crippen LogP) is 2.98. The summed E-state index contributed by atoms with van der Waals surface area (Å²) < 4.78 is 25.3. The van der Waals surface area contributed by atoms with Gasteiger partial charge in [0.2, 0.25) is 11.8 Å². The lowest BCUT2D eigenvalue weighted by molar-refractivity contribution is -0.128. The number of carbonyl (C=O) groups excluding carboxylic acids is 2. The number of halogens is 1. The second-order valence-electron chi connectivity index (χ2n) is 6.29. The zero-order chi connectivity index (χ0) is 20.0. The van der Waals surface area contributed by atoms with Crippen LogP contribution in [0.4, 0.5) is 5.69 Å². The zero-order valence-electron chi connectivity index (χ0n) is 15.1. The molecule has 144 valence electrons. The number of carbonyl (C=O) groups is 2. The van der Waals surface area contributed by atoms with Gasteiger partial charge in [-0.25, -0.2) is 8.42 Å². The average Bonchev–Trinajstić information content (AvgIpc) is 2.53. The summed E-state index contributed by atoms with van der Waals surface area (Å²) in [6, 6.07) is 13.9. The fourth-order valence-corrected chi connectivity index (χ4v) is 4.17. The van der Waals surface area contributed by atoms with Gasteiger partial charge in [0.25, 0.3) is 0 Å². The standard InChI is InChI=1S/C19H21BrN2O4S/c1-14(23)22(2)11-15-5-4-8-18(10-15)21-19(24)13-27(25,26)12-16-6-3-7-17(20)9-16/h3-10H,11-13H2,1-2H3,(H,21,24). The number of benzene rings is 2. The van der Waals surface area contributed by atoms with Crippen LogP contribution in [0.15, 0.2) is 53.0 Å². The van der Waals surface area contributed by atoms with E-state index in [4.69, 9.17) is 0 Å². The number of hydrogen-bond acceptors (Lipinski definition) is 4. The van der Waals surface area contributed by atoms with Crippen LogP contribution < -0.4 is 5.32 Å². The summed E-state index contributed by atoms with van der Waals surface area (Å²) in [6.45, 7) is 1.88. The molecule has 0 radical (unpaired) electrons. The highest BCUT2D eigenvalue weighted by molar-refractivity contribution is 9.10. The monoisotopic (exact) mass is 452 g/mol. The second-order valence-corrected chi connectivity index (χ2v) is 9.27. The van der Waals surface area contributed by atoms with Crippen LogP contribution >= 0.6 is 15.9 Å². The Kier molecular flexibility index (Phi) is 7.15. The van der Waals surface area contributed by atoms with Gasteiger partial charge in [-0.1, -0.05) is 40.2 Å². The molecule has 2 aromatic carbocycles. The lowest BCUT2D eigenvalue weighted by Gasteiger charge is -2.15. The maximum absolute atomic E-state index is 12.3. The van der Waals surface area contributed by atoms with E-state index in [1.807, 2.05) is 6.07 Å². The van der Waals surface area contributed by atoms with Crippen LogP contribution in [0, 0.1) is 0 Å². The van der Waals surface area contributed by atoms with Crippen molar-refractivity contribution in [2.75, 3.05) is 18.1 Å². The van der Waals surface area contributed by atoms with Crippen LogP contribution in [0.2, 0.25) is 0 Å². The lowest BCUT2D eigenvalue weighted by Crippen LogP contribution is -2.24. The topological polar surface area (TPSA) is 83.6 Å². The van der Waals surface area contributed by atoms with Gasteiger partial charge in [-0.2, -0.15) is 0 Å². The summed E-state index contributed by atoms with van der Waals surface area (Å²) in [4.78, 5) is 25.0. The molecule has 0 saturated carbocycles. The lowest BCUT2D eigenvalue weighted by atomic mass is 10.2. The Morgan fingerprint density at radius 1 is 1.07 bits per heavy atom. The molecule has 2 amide bonds. The Morgan fingerprint density at radius 3 is 2.41 bits per heavy atom. The van der Waals surface area contributed by atoms with Gasteiger partial charge in [0.1, 0.15) is 5.75 Å². The van der Waals surface area contributed by atoms with Gasteiger partial charge in [0.05, 0.1) is 5.75 Å². The highest BCUT2D eigenvalue weighted by Crippen LogP contribution is 2.16. The molecule has 2 aromatic rings. The normalized spacial score (nSPS) is 11.1. The van der Waals surface area contributed by atoms with Gasteiger partial charge in [-0.3, -0.25) is 9.59 Å². The molecule has 0 fully saturated rings. The molecule has 0 aliphatic rings. The first-order valence-electron chi connectivity index (χ1n) is 8.20. The van der Waals surface area contributed by atoms with E-state index in [2.05, 4.69) is 21.2 Å². The summed E-state index contributed by atoms with van der Waals surface area (Å²) in [5.74, 6) is -1.47. The smallest absolute Gasteiger partial charge is 0.239 e. The van der Waals surface area contributed by atoms with Gasteiger partial charge in [0, 0.05) is 30.7 Å². The number of nitrogens with zero attached hydrogens (tertiary/aromatic N) is 1. The third-order valence-electron chi connectivity index (χ3n) is 3.79. The first kappa shape index (κ1) is 21.1. The van der Waals surface area contributed by atoms with E-state index in [-0.39, 0.29) is 11.7 Å². The van der Waals surface area contributed by atoms with E-state index in [9.17, 15) is 18.0 Å². The van der Waals surface area contributed by atoms with Crippen LogP contribution in [-0.2, 0) is 31.7 Å². The van der Waals surface area contributed by atoms with Crippen LogP contribution in [-0.4, -0.2) is 37.9 Å². The fraction of sp³-hybridized carbons (Fsp3) is 0.263. The first-order chi connectivity index (χ1) is 12.6. The number of hydrogen-bond donors (Lipinski definition) is 1. The number of rotatable bonds is 7. The molecule has 0 aliphatic heterocycles. The molecule has 0 atom stereocenters. The second kappa shape index (κ2) is 9.14. The number of sulfone groups is 1. The van der Waals surface area contributed by atoms with E-state index in [0.29, 0.717) is 17.8 Å². The molecule has 0 aromatic heterocycles. The van der Waals surface area contributed by atoms with Crippen molar-refractivity contribution in [3.63, 3.8) is 0 Å². The molecule has 27 heavy (non-hydrogen) atoms. The molecule has 0 unspecified atom stereocenters. The van der Waals surface area contributed by atoms with Crippen molar-refractivity contribution in [3.05, 3.63) is 64.1 Å². The molecule has 0 bridgehead atoms. The first-order valence-corrected chi connectivity index (χ1v) is 10.8. The molecule has 0 saturated heterocycles. The molecular weight excluding hydrogens is 432 g/mol. The molecular formula is C19H21BrN2O4S. The Morgan fingerprint density at radius 2 is 1.74 bits per heavy atom. The molecule has 1 N–H and O–H groups in total. The van der Waals surface area contributed by atoms with Crippen LogP contribution in [0.25, 0.3) is 0 Å². The highest BCUT2D eigenvalue weighted by Gasteiger charge is 2.18. The van der Waals surface area contributed by atoms with Crippen molar-refractivity contribution in [2.45, 2.75) is 19.2 Å². The van der Waals surface area contributed by atoms with Crippen molar-refractivity contribution < 1.29 is 18.0 Å². The van der Waals surface area contributed by atoms with Gasteiger partial charge >= 0.3 is 0 Å². The Bertz CT molecular complexity index is 944. The summed E-state index contributed by atoms with van der Waals surface area (Å²) in [7, 11) is -1.91. The van der Waals surface area contributed by atoms with Crippen molar-refractivity contribution in [1.29, 1.82) is 0 Å².